The molecule has 2 rings (SSSR count). The normalized spacial score (nSPS) is 19.3. The lowest BCUT2D eigenvalue weighted by Gasteiger charge is -2.34. The molecule has 1 saturated heterocycles. The summed E-state index contributed by atoms with van der Waals surface area (Å²) in [5.74, 6) is 0.408. The molecule has 2 N–H and O–H groups in total. The number of likely N-dealkylation sites (N-methyl/N-ethyl adjacent to an activating group) is 1. The number of piperazine rings is 1. The van der Waals surface area contributed by atoms with E-state index in [-0.39, 0.29) is 11.8 Å². The first-order valence-electron chi connectivity index (χ1n) is 6.48. The SMILES string of the molecule is CCNC(=O)C1CNCCN1C(=O)c1coc(C)c1. The zero-order valence-corrected chi connectivity index (χ0v) is 11.2. The van der Waals surface area contributed by atoms with Crippen molar-refractivity contribution in [1.82, 2.24) is 15.5 Å². The zero-order valence-electron chi connectivity index (χ0n) is 11.2. The Labute approximate surface area is 112 Å². The molecule has 1 aromatic rings. The van der Waals surface area contributed by atoms with Gasteiger partial charge in [0.25, 0.3) is 5.91 Å². The molecule has 0 spiro atoms. The highest BCUT2D eigenvalue weighted by molar-refractivity contribution is 5.97. The van der Waals surface area contributed by atoms with Gasteiger partial charge in [-0.1, -0.05) is 0 Å². The summed E-state index contributed by atoms with van der Waals surface area (Å²) in [6.07, 6.45) is 1.44. The van der Waals surface area contributed by atoms with Crippen LogP contribution in [-0.2, 0) is 4.79 Å². The second kappa shape index (κ2) is 5.88. The smallest absolute Gasteiger partial charge is 0.257 e. The van der Waals surface area contributed by atoms with Gasteiger partial charge in [-0.25, -0.2) is 0 Å². The predicted octanol–water partition coefficient (Wildman–Crippen LogP) is 0.138. The van der Waals surface area contributed by atoms with Crippen molar-refractivity contribution in [2.45, 2.75) is 19.9 Å². The minimum Gasteiger partial charge on any atom is -0.469 e. The van der Waals surface area contributed by atoms with E-state index in [4.69, 9.17) is 4.42 Å². The molecule has 0 aromatic carbocycles. The van der Waals surface area contributed by atoms with Crippen LogP contribution in [0.3, 0.4) is 0 Å². The molecule has 1 aliphatic rings. The Kier molecular flexibility index (Phi) is 4.21. The van der Waals surface area contributed by atoms with E-state index >= 15 is 0 Å². The number of furan rings is 1. The van der Waals surface area contributed by atoms with Crippen LogP contribution in [0.2, 0.25) is 0 Å². The molecule has 2 heterocycles. The van der Waals surface area contributed by atoms with Crippen LogP contribution in [0, 0.1) is 6.92 Å². The van der Waals surface area contributed by atoms with Crippen LogP contribution in [0.1, 0.15) is 23.0 Å². The quantitative estimate of drug-likeness (QED) is 0.815. The van der Waals surface area contributed by atoms with Crippen LogP contribution in [0.15, 0.2) is 16.7 Å². The minimum atomic E-state index is -0.462. The topological polar surface area (TPSA) is 74.6 Å². The van der Waals surface area contributed by atoms with Crippen LogP contribution in [0.25, 0.3) is 0 Å². The zero-order chi connectivity index (χ0) is 13.8. The Morgan fingerprint density at radius 1 is 1.58 bits per heavy atom. The summed E-state index contributed by atoms with van der Waals surface area (Å²) in [6.45, 7) is 5.90. The number of carbonyl (C=O) groups excluding carboxylic acids is 2. The van der Waals surface area contributed by atoms with E-state index in [9.17, 15) is 9.59 Å². The third-order valence-corrected chi connectivity index (χ3v) is 3.14. The highest BCUT2D eigenvalue weighted by Crippen LogP contribution is 2.13. The van der Waals surface area contributed by atoms with Gasteiger partial charge in [0.1, 0.15) is 18.1 Å². The molecule has 2 amide bonds. The Morgan fingerprint density at radius 3 is 3.00 bits per heavy atom. The van der Waals surface area contributed by atoms with E-state index in [0.29, 0.717) is 37.5 Å². The average molecular weight is 265 g/mol. The molecule has 6 heteroatoms. The first-order valence-corrected chi connectivity index (χ1v) is 6.48. The Balaban J connectivity index is 2.15. The summed E-state index contributed by atoms with van der Waals surface area (Å²) in [4.78, 5) is 26.0. The molecule has 1 aromatic heterocycles. The van der Waals surface area contributed by atoms with Gasteiger partial charge in [0.05, 0.1) is 5.56 Å². The number of amides is 2. The van der Waals surface area contributed by atoms with Gasteiger partial charge in [0.2, 0.25) is 5.91 Å². The summed E-state index contributed by atoms with van der Waals surface area (Å²) in [7, 11) is 0. The molecular formula is C13H19N3O3. The van der Waals surface area contributed by atoms with Crippen molar-refractivity contribution in [1.29, 1.82) is 0 Å². The van der Waals surface area contributed by atoms with Gasteiger partial charge in [0.15, 0.2) is 0 Å². The molecule has 1 atom stereocenters. The van der Waals surface area contributed by atoms with Gasteiger partial charge < -0.3 is 20.0 Å². The second-order valence-corrected chi connectivity index (χ2v) is 4.56. The van der Waals surface area contributed by atoms with Gasteiger partial charge in [-0.3, -0.25) is 9.59 Å². The maximum Gasteiger partial charge on any atom is 0.257 e. The fourth-order valence-electron chi connectivity index (χ4n) is 2.20. The lowest BCUT2D eigenvalue weighted by molar-refractivity contribution is -0.126. The van der Waals surface area contributed by atoms with E-state index in [0.717, 1.165) is 0 Å². The summed E-state index contributed by atoms with van der Waals surface area (Å²) < 4.78 is 5.16. The van der Waals surface area contributed by atoms with E-state index in [2.05, 4.69) is 10.6 Å². The lowest BCUT2D eigenvalue weighted by Crippen LogP contribution is -2.59. The molecule has 0 aliphatic carbocycles. The van der Waals surface area contributed by atoms with Gasteiger partial charge >= 0.3 is 0 Å². The largest absolute Gasteiger partial charge is 0.469 e. The summed E-state index contributed by atoms with van der Waals surface area (Å²) >= 11 is 0. The first-order chi connectivity index (χ1) is 9.13. The molecular weight excluding hydrogens is 246 g/mol. The Hall–Kier alpha value is -1.82. The van der Waals surface area contributed by atoms with Crippen molar-refractivity contribution in [2.24, 2.45) is 0 Å². The van der Waals surface area contributed by atoms with Crippen LogP contribution in [0.4, 0.5) is 0 Å². The van der Waals surface area contributed by atoms with E-state index in [1.807, 2.05) is 6.92 Å². The van der Waals surface area contributed by atoms with Crippen LogP contribution in [-0.4, -0.2) is 48.9 Å². The maximum atomic E-state index is 12.4. The number of carbonyl (C=O) groups is 2. The summed E-state index contributed by atoms with van der Waals surface area (Å²) in [5.41, 5.74) is 0.494. The van der Waals surface area contributed by atoms with Gasteiger partial charge in [-0.05, 0) is 19.9 Å². The summed E-state index contributed by atoms with van der Waals surface area (Å²) in [5, 5.41) is 5.90. The molecule has 1 unspecified atom stereocenters. The van der Waals surface area contributed by atoms with Crippen LogP contribution < -0.4 is 10.6 Å². The standard InChI is InChI=1S/C13H19N3O3/c1-3-15-12(17)11-7-14-4-5-16(11)13(18)10-6-9(2)19-8-10/h6,8,11,14H,3-5,7H2,1-2H3,(H,15,17). The molecule has 1 fully saturated rings. The lowest BCUT2D eigenvalue weighted by atomic mass is 10.1. The number of aryl methyl sites for hydroxylation is 1. The van der Waals surface area contributed by atoms with Gasteiger partial charge in [0, 0.05) is 26.2 Å². The number of hydrogen-bond acceptors (Lipinski definition) is 4. The molecule has 104 valence electrons. The van der Waals surface area contributed by atoms with E-state index < -0.39 is 6.04 Å². The van der Waals surface area contributed by atoms with Crippen molar-refractivity contribution in [2.75, 3.05) is 26.2 Å². The van der Waals surface area contributed by atoms with Crippen molar-refractivity contribution < 1.29 is 14.0 Å². The predicted molar refractivity (Wildman–Crippen MR) is 69.8 cm³/mol. The van der Waals surface area contributed by atoms with Crippen molar-refractivity contribution >= 4 is 11.8 Å². The average Bonchev–Trinajstić information content (AvgIpc) is 2.85. The molecule has 0 bridgehead atoms. The molecule has 19 heavy (non-hydrogen) atoms. The molecule has 0 saturated carbocycles. The van der Waals surface area contributed by atoms with Crippen molar-refractivity contribution in [3.05, 3.63) is 23.7 Å². The van der Waals surface area contributed by atoms with E-state index in [1.54, 1.807) is 17.9 Å². The fraction of sp³-hybridized carbons (Fsp3) is 0.538. The third-order valence-electron chi connectivity index (χ3n) is 3.14. The number of nitrogens with zero attached hydrogens (tertiary/aromatic N) is 1. The number of nitrogens with one attached hydrogen (secondary N) is 2. The second-order valence-electron chi connectivity index (χ2n) is 4.56. The van der Waals surface area contributed by atoms with Crippen LogP contribution in [0.5, 0.6) is 0 Å². The molecule has 0 radical (unpaired) electrons. The molecule has 6 nitrogen and oxygen atoms in total. The van der Waals surface area contributed by atoms with Gasteiger partial charge in [-0.2, -0.15) is 0 Å². The first kappa shape index (κ1) is 13.6. The highest BCUT2D eigenvalue weighted by Gasteiger charge is 2.32. The summed E-state index contributed by atoms with van der Waals surface area (Å²) in [6, 6.07) is 1.23. The maximum absolute atomic E-state index is 12.4. The Bertz CT molecular complexity index is 469. The van der Waals surface area contributed by atoms with Crippen molar-refractivity contribution in [3.8, 4) is 0 Å². The number of hydrogen-bond donors (Lipinski definition) is 2. The fourth-order valence-corrected chi connectivity index (χ4v) is 2.20. The van der Waals surface area contributed by atoms with E-state index in [1.165, 1.54) is 6.26 Å². The number of rotatable bonds is 3. The van der Waals surface area contributed by atoms with Gasteiger partial charge in [-0.15, -0.1) is 0 Å². The molecule has 1 aliphatic heterocycles. The van der Waals surface area contributed by atoms with Crippen LogP contribution >= 0.6 is 0 Å². The third kappa shape index (κ3) is 2.96. The monoisotopic (exact) mass is 265 g/mol. The highest BCUT2D eigenvalue weighted by atomic mass is 16.3. The minimum absolute atomic E-state index is 0.122. The Morgan fingerprint density at radius 2 is 2.37 bits per heavy atom. The van der Waals surface area contributed by atoms with Crippen molar-refractivity contribution in [3.63, 3.8) is 0 Å².